The maximum absolute atomic E-state index is 13.3. The maximum atomic E-state index is 13.3. The van der Waals surface area contributed by atoms with Crippen LogP contribution in [0.2, 0.25) is 5.02 Å². The van der Waals surface area contributed by atoms with Gasteiger partial charge in [-0.2, -0.15) is 13.2 Å². The molecule has 0 radical (unpaired) electrons. The van der Waals surface area contributed by atoms with Gasteiger partial charge in [-0.1, -0.05) is 23.7 Å². The molecule has 0 heterocycles. The molecule has 192 valence electrons. The predicted octanol–water partition coefficient (Wildman–Crippen LogP) is 3.30. The summed E-state index contributed by atoms with van der Waals surface area (Å²) in [5.74, 6) is -0.744. The molecule has 1 atom stereocenters. The lowest BCUT2D eigenvalue weighted by Crippen LogP contribution is -2.50. The van der Waals surface area contributed by atoms with Crippen molar-refractivity contribution in [1.82, 2.24) is 10.2 Å². The number of amides is 2. The Labute approximate surface area is 206 Å². The number of methoxy groups -OCH3 is 1. The standard InChI is InChI=1S/C22H25ClF3N3O5S/c1-14(21(31)27-2)28(12-15-5-8-17(34-3)9-6-15)20(30)13-29(35(4,32)33)16-7-10-19(23)18(11-16)22(24,25)26/h5-11,14H,12-13H2,1-4H3,(H,27,31)/t14-/m1/s1. The summed E-state index contributed by atoms with van der Waals surface area (Å²) in [5, 5.41) is 1.81. The quantitative estimate of drug-likeness (QED) is 0.531. The highest BCUT2D eigenvalue weighted by molar-refractivity contribution is 7.92. The zero-order valence-corrected chi connectivity index (χ0v) is 21.0. The van der Waals surface area contributed by atoms with E-state index in [1.165, 1.54) is 21.1 Å². The smallest absolute Gasteiger partial charge is 0.417 e. The molecule has 2 rings (SSSR count). The van der Waals surface area contributed by atoms with Crippen LogP contribution in [-0.2, 0) is 32.3 Å². The largest absolute Gasteiger partial charge is 0.497 e. The van der Waals surface area contributed by atoms with Crippen molar-refractivity contribution >= 4 is 39.1 Å². The van der Waals surface area contributed by atoms with E-state index < -0.39 is 56.9 Å². The molecular weight excluding hydrogens is 511 g/mol. The molecule has 0 saturated heterocycles. The highest BCUT2D eigenvalue weighted by Gasteiger charge is 2.35. The van der Waals surface area contributed by atoms with Crippen LogP contribution in [0.1, 0.15) is 18.1 Å². The van der Waals surface area contributed by atoms with Gasteiger partial charge in [-0.15, -0.1) is 0 Å². The molecule has 1 N–H and O–H groups in total. The molecule has 2 amide bonds. The molecular formula is C22H25ClF3N3O5S. The van der Waals surface area contributed by atoms with Gasteiger partial charge in [0.1, 0.15) is 18.3 Å². The van der Waals surface area contributed by atoms with Gasteiger partial charge >= 0.3 is 6.18 Å². The van der Waals surface area contributed by atoms with Crippen LogP contribution >= 0.6 is 11.6 Å². The van der Waals surface area contributed by atoms with Crippen molar-refractivity contribution in [1.29, 1.82) is 0 Å². The number of likely N-dealkylation sites (N-methyl/N-ethyl adjacent to an activating group) is 1. The number of benzene rings is 2. The minimum atomic E-state index is -4.84. The van der Waals surface area contributed by atoms with Crippen molar-refractivity contribution in [3.63, 3.8) is 0 Å². The van der Waals surface area contributed by atoms with Crippen LogP contribution in [0.3, 0.4) is 0 Å². The van der Waals surface area contributed by atoms with E-state index in [4.69, 9.17) is 16.3 Å². The molecule has 35 heavy (non-hydrogen) atoms. The fraction of sp³-hybridized carbons (Fsp3) is 0.364. The number of ether oxygens (including phenoxy) is 1. The first kappa shape index (κ1) is 28.2. The van der Waals surface area contributed by atoms with Gasteiger partial charge in [0.05, 0.1) is 29.6 Å². The Bertz CT molecular complexity index is 1170. The Hall–Kier alpha value is -2.99. The number of hydrogen-bond donors (Lipinski definition) is 1. The number of anilines is 1. The minimum Gasteiger partial charge on any atom is -0.497 e. The van der Waals surface area contributed by atoms with E-state index in [0.717, 1.165) is 23.3 Å². The van der Waals surface area contributed by atoms with Crippen LogP contribution in [0.4, 0.5) is 18.9 Å². The second kappa shape index (κ2) is 11.2. The van der Waals surface area contributed by atoms with Gasteiger partial charge in [-0.3, -0.25) is 13.9 Å². The summed E-state index contributed by atoms with van der Waals surface area (Å²) in [5.41, 5.74) is -1.02. The molecule has 0 aliphatic carbocycles. The highest BCUT2D eigenvalue weighted by atomic mass is 35.5. The molecule has 0 aliphatic rings. The van der Waals surface area contributed by atoms with Gasteiger partial charge in [0.15, 0.2) is 0 Å². The number of sulfonamides is 1. The van der Waals surface area contributed by atoms with E-state index in [0.29, 0.717) is 21.7 Å². The molecule has 0 aliphatic heterocycles. The fourth-order valence-electron chi connectivity index (χ4n) is 3.22. The number of alkyl halides is 3. The number of halogens is 4. The summed E-state index contributed by atoms with van der Waals surface area (Å²) in [6.07, 6.45) is -4.08. The third kappa shape index (κ3) is 7.25. The van der Waals surface area contributed by atoms with Gasteiger partial charge in [0.25, 0.3) is 0 Å². The Morgan fingerprint density at radius 2 is 1.74 bits per heavy atom. The molecule has 0 unspecified atom stereocenters. The van der Waals surface area contributed by atoms with Crippen molar-refractivity contribution in [3.05, 3.63) is 58.6 Å². The summed E-state index contributed by atoms with van der Waals surface area (Å²) in [4.78, 5) is 26.7. The molecule has 0 saturated carbocycles. The zero-order chi connectivity index (χ0) is 26.6. The Balaban J connectivity index is 2.45. The van der Waals surface area contributed by atoms with E-state index in [9.17, 15) is 31.2 Å². The summed E-state index contributed by atoms with van der Waals surface area (Å²) in [6, 6.07) is 8.17. The van der Waals surface area contributed by atoms with Crippen LogP contribution in [0.5, 0.6) is 5.75 Å². The van der Waals surface area contributed by atoms with E-state index >= 15 is 0 Å². The van der Waals surface area contributed by atoms with Crippen molar-refractivity contribution in [2.45, 2.75) is 25.7 Å². The number of hydrogen-bond acceptors (Lipinski definition) is 5. The fourth-order valence-corrected chi connectivity index (χ4v) is 4.28. The monoisotopic (exact) mass is 535 g/mol. The van der Waals surface area contributed by atoms with E-state index in [1.807, 2.05) is 0 Å². The summed E-state index contributed by atoms with van der Waals surface area (Å²) in [7, 11) is -1.33. The third-order valence-electron chi connectivity index (χ3n) is 5.15. The Morgan fingerprint density at radius 1 is 1.14 bits per heavy atom. The summed E-state index contributed by atoms with van der Waals surface area (Å²) in [6.45, 7) is 0.549. The minimum absolute atomic E-state index is 0.0660. The first-order chi connectivity index (χ1) is 16.2. The van der Waals surface area contributed by atoms with Crippen LogP contribution < -0.4 is 14.4 Å². The van der Waals surface area contributed by atoms with Crippen LogP contribution in [-0.4, -0.2) is 58.1 Å². The van der Waals surface area contributed by atoms with E-state index in [-0.39, 0.29) is 6.54 Å². The number of rotatable bonds is 9. The number of carbonyl (C=O) groups excluding carboxylic acids is 2. The first-order valence-electron chi connectivity index (χ1n) is 10.2. The van der Waals surface area contributed by atoms with Gasteiger partial charge in [-0.05, 0) is 42.8 Å². The van der Waals surface area contributed by atoms with Gasteiger partial charge < -0.3 is 15.0 Å². The van der Waals surface area contributed by atoms with Crippen LogP contribution in [0.15, 0.2) is 42.5 Å². The third-order valence-corrected chi connectivity index (χ3v) is 6.62. The van der Waals surface area contributed by atoms with Gasteiger partial charge in [0, 0.05) is 13.6 Å². The Kier molecular flexibility index (Phi) is 9.01. The van der Waals surface area contributed by atoms with Crippen molar-refractivity contribution in [2.24, 2.45) is 0 Å². The second-order valence-corrected chi connectivity index (χ2v) is 9.91. The normalized spacial score (nSPS) is 12.6. The molecule has 2 aromatic rings. The molecule has 2 aromatic carbocycles. The van der Waals surface area contributed by atoms with E-state index in [1.54, 1.807) is 24.3 Å². The predicted molar refractivity (Wildman–Crippen MR) is 126 cm³/mol. The Morgan fingerprint density at radius 3 is 2.23 bits per heavy atom. The highest BCUT2D eigenvalue weighted by Crippen LogP contribution is 2.37. The van der Waals surface area contributed by atoms with Crippen molar-refractivity contribution in [2.75, 3.05) is 31.3 Å². The number of carbonyl (C=O) groups is 2. The molecule has 0 spiro atoms. The molecule has 13 heteroatoms. The van der Waals surface area contributed by atoms with Crippen LogP contribution in [0.25, 0.3) is 0 Å². The first-order valence-corrected chi connectivity index (χ1v) is 12.4. The summed E-state index contributed by atoms with van der Waals surface area (Å²) < 4.78 is 70.6. The van der Waals surface area contributed by atoms with Crippen LogP contribution in [0, 0.1) is 0 Å². The average molecular weight is 536 g/mol. The van der Waals surface area contributed by atoms with Crippen molar-refractivity contribution < 1.29 is 35.9 Å². The van der Waals surface area contributed by atoms with Crippen molar-refractivity contribution in [3.8, 4) is 5.75 Å². The van der Waals surface area contributed by atoms with Gasteiger partial charge in [-0.25, -0.2) is 8.42 Å². The molecule has 0 fully saturated rings. The molecule has 0 bridgehead atoms. The molecule has 8 nitrogen and oxygen atoms in total. The number of nitrogens with one attached hydrogen (secondary N) is 1. The summed E-state index contributed by atoms with van der Waals surface area (Å²) >= 11 is 5.64. The lowest BCUT2D eigenvalue weighted by Gasteiger charge is -2.31. The maximum Gasteiger partial charge on any atom is 0.417 e. The lowest BCUT2D eigenvalue weighted by atomic mass is 10.1. The van der Waals surface area contributed by atoms with E-state index in [2.05, 4.69) is 5.32 Å². The average Bonchev–Trinajstić information content (AvgIpc) is 2.79. The second-order valence-electron chi connectivity index (χ2n) is 7.59. The van der Waals surface area contributed by atoms with Gasteiger partial charge in [0.2, 0.25) is 21.8 Å². The topological polar surface area (TPSA) is 96.0 Å². The number of nitrogens with zero attached hydrogens (tertiary/aromatic N) is 2. The lowest BCUT2D eigenvalue weighted by molar-refractivity contribution is -0.139. The SMILES string of the molecule is CNC(=O)[C@@H](C)N(Cc1ccc(OC)cc1)C(=O)CN(c1ccc(Cl)c(C(F)(F)F)c1)S(C)(=O)=O. The molecule has 0 aromatic heterocycles. The zero-order valence-electron chi connectivity index (χ0n) is 19.4.